The van der Waals surface area contributed by atoms with Gasteiger partial charge in [-0.15, -0.1) is 0 Å². The summed E-state index contributed by atoms with van der Waals surface area (Å²) in [4.78, 5) is 12.4. The highest BCUT2D eigenvalue weighted by atomic mass is 19.4. The first kappa shape index (κ1) is 12.9. The zero-order chi connectivity index (χ0) is 13.3. The van der Waals surface area contributed by atoms with Crippen LogP contribution in [0.3, 0.4) is 0 Å². The van der Waals surface area contributed by atoms with Crippen molar-refractivity contribution in [1.82, 2.24) is 4.90 Å². The molecule has 1 amide bonds. The second-order valence-electron chi connectivity index (χ2n) is 4.37. The standard InChI is InChI=1S/C12H13F3N2O/c13-12(14,15)11(8-4-2-1-3-5-8)17-7-9(16)6-10(17)18/h1-5,9,11H,6-7,16H2. The van der Waals surface area contributed by atoms with Crippen molar-refractivity contribution in [2.75, 3.05) is 6.54 Å². The minimum Gasteiger partial charge on any atom is -0.326 e. The van der Waals surface area contributed by atoms with E-state index in [0.717, 1.165) is 4.90 Å². The van der Waals surface area contributed by atoms with Crippen molar-refractivity contribution in [3.63, 3.8) is 0 Å². The minimum absolute atomic E-state index is 0.0284. The third-order valence-electron chi connectivity index (χ3n) is 2.93. The number of alkyl halides is 3. The summed E-state index contributed by atoms with van der Waals surface area (Å²) in [5.41, 5.74) is 5.61. The SMILES string of the molecule is NC1CC(=O)N(C(c2ccccc2)C(F)(F)F)C1. The molecule has 1 aromatic carbocycles. The number of rotatable bonds is 2. The van der Waals surface area contributed by atoms with E-state index in [0.29, 0.717) is 0 Å². The maximum atomic E-state index is 13.1. The number of benzene rings is 1. The number of amides is 1. The van der Waals surface area contributed by atoms with Gasteiger partial charge < -0.3 is 10.6 Å². The molecule has 0 bridgehead atoms. The molecule has 2 rings (SSSR count). The summed E-state index contributed by atoms with van der Waals surface area (Å²) < 4.78 is 39.4. The average Bonchev–Trinajstić information content (AvgIpc) is 2.58. The van der Waals surface area contributed by atoms with Crippen LogP contribution in [0.15, 0.2) is 30.3 Å². The first-order valence-electron chi connectivity index (χ1n) is 5.56. The quantitative estimate of drug-likeness (QED) is 0.880. The molecule has 3 nitrogen and oxygen atoms in total. The molecule has 0 aromatic heterocycles. The maximum Gasteiger partial charge on any atom is 0.413 e. The lowest BCUT2D eigenvalue weighted by Crippen LogP contribution is -2.40. The number of nitrogens with two attached hydrogens (primary N) is 1. The van der Waals surface area contributed by atoms with Crippen LogP contribution in [0, 0.1) is 0 Å². The van der Waals surface area contributed by atoms with Crippen LogP contribution in [-0.2, 0) is 4.79 Å². The van der Waals surface area contributed by atoms with E-state index in [1.165, 1.54) is 24.3 Å². The summed E-state index contributed by atoms with van der Waals surface area (Å²) in [5.74, 6) is -0.548. The van der Waals surface area contributed by atoms with Crippen LogP contribution in [0.5, 0.6) is 0 Å². The molecule has 2 N–H and O–H groups in total. The van der Waals surface area contributed by atoms with Gasteiger partial charge in [0, 0.05) is 19.0 Å². The predicted octanol–water partition coefficient (Wildman–Crippen LogP) is 1.85. The third-order valence-corrected chi connectivity index (χ3v) is 2.93. The normalized spacial score (nSPS) is 22.3. The molecule has 1 fully saturated rings. The van der Waals surface area contributed by atoms with Gasteiger partial charge in [-0.3, -0.25) is 4.79 Å². The molecule has 0 saturated carbocycles. The summed E-state index contributed by atoms with van der Waals surface area (Å²) in [7, 11) is 0. The van der Waals surface area contributed by atoms with Crippen LogP contribution in [-0.4, -0.2) is 29.6 Å². The van der Waals surface area contributed by atoms with Crippen molar-refractivity contribution in [3.05, 3.63) is 35.9 Å². The van der Waals surface area contributed by atoms with Crippen molar-refractivity contribution in [2.45, 2.75) is 24.7 Å². The van der Waals surface area contributed by atoms with Gasteiger partial charge in [0.05, 0.1) is 0 Å². The number of hydrogen-bond acceptors (Lipinski definition) is 2. The molecule has 2 atom stereocenters. The molecular formula is C12H13F3N2O. The summed E-state index contributed by atoms with van der Waals surface area (Å²) in [5, 5.41) is 0. The van der Waals surface area contributed by atoms with E-state index in [2.05, 4.69) is 0 Å². The molecule has 1 aliphatic rings. The molecule has 0 radical (unpaired) electrons. The highest BCUT2D eigenvalue weighted by Gasteiger charge is 2.48. The van der Waals surface area contributed by atoms with Crippen LogP contribution in [0.25, 0.3) is 0 Å². The second kappa shape index (κ2) is 4.61. The first-order valence-corrected chi connectivity index (χ1v) is 5.56. The molecule has 1 aromatic rings. The van der Waals surface area contributed by atoms with Gasteiger partial charge in [0.15, 0.2) is 6.04 Å². The summed E-state index contributed by atoms with van der Waals surface area (Å²) in [6.07, 6.45) is -4.53. The number of carbonyl (C=O) groups is 1. The summed E-state index contributed by atoms with van der Waals surface area (Å²) >= 11 is 0. The average molecular weight is 258 g/mol. The van der Waals surface area contributed by atoms with E-state index >= 15 is 0 Å². The molecule has 6 heteroatoms. The van der Waals surface area contributed by atoms with Crippen molar-refractivity contribution in [1.29, 1.82) is 0 Å². The summed E-state index contributed by atoms with van der Waals surface area (Å²) in [6, 6.07) is 4.99. The van der Waals surface area contributed by atoms with Crippen LogP contribution in [0.1, 0.15) is 18.0 Å². The van der Waals surface area contributed by atoms with E-state index in [4.69, 9.17) is 5.73 Å². The van der Waals surface area contributed by atoms with Gasteiger partial charge in [-0.2, -0.15) is 13.2 Å². The fourth-order valence-corrected chi connectivity index (χ4v) is 2.19. The topological polar surface area (TPSA) is 46.3 Å². The predicted molar refractivity (Wildman–Crippen MR) is 59.5 cm³/mol. The molecule has 0 aliphatic carbocycles. The smallest absolute Gasteiger partial charge is 0.326 e. The van der Waals surface area contributed by atoms with E-state index in [1.807, 2.05) is 0 Å². The Morgan fingerprint density at radius 2 is 1.89 bits per heavy atom. The van der Waals surface area contributed by atoms with Gasteiger partial charge in [-0.1, -0.05) is 30.3 Å². The molecule has 2 unspecified atom stereocenters. The van der Waals surface area contributed by atoms with Crippen molar-refractivity contribution < 1.29 is 18.0 Å². The Labute approximate surface area is 102 Å². The highest BCUT2D eigenvalue weighted by Crippen LogP contribution is 2.39. The first-order chi connectivity index (χ1) is 8.39. The third kappa shape index (κ3) is 2.48. The van der Waals surface area contributed by atoms with Gasteiger partial charge in [0.2, 0.25) is 5.91 Å². The van der Waals surface area contributed by atoms with E-state index in [9.17, 15) is 18.0 Å². The van der Waals surface area contributed by atoms with Gasteiger partial charge in [0.1, 0.15) is 0 Å². The molecule has 1 aliphatic heterocycles. The Morgan fingerprint density at radius 3 is 2.33 bits per heavy atom. The monoisotopic (exact) mass is 258 g/mol. The minimum atomic E-state index is -4.50. The van der Waals surface area contributed by atoms with Crippen LogP contribution in [0.4, 0.5) is 13.2 Å². The van der Waals surface area contributed by atoms with Crippen molar-refractivity contribution >= 4 is 5.91 Å². The highest BCUT2D eigenvalue weighted by molar-refractivity contribution is 5.79. The molecule has 1 saturated heterocycles. The largest absolute Gasteiger partial charge is 0.413 e. The lowest BCUT2D eigenvalue weighted by atomic mass is 10.1. The molecule has 1 heterocycles. The molecular weight excluding hydrogens is 245 g/mol. The Balaban J connectivity index is 2.36. The van der Waals surface area contributed by atoms with Crippen LogP contribution < -0.4 is 5.73 Å². The maximum absolute atomic E-state index is 13.1. The van der Waals surface area contributed by atoms with Gasteiger partial charge in [0.25, 0.3) is 0 Å². The second-order valence-corrected chi connectivity index (χ2v) is 4.37. The number of carbonyl (C=O) groups excluding carboxylic acids is 1. The molecule has 98 valence electrons. The summed E-state index contributed by atoms with van der Waals surface area (Å²) in [6.45, 7) is -0.0576. The molecule has 18 heavy (non-hydrogen) atoms. The number of likely N-dealkylation sites (tertiary alicyclic amines) is 1. The Bertz CT molecular complexity index is 433. The fraction of sp³-hybridized carbons (Fsp3) is 0.417. The zero-order valence-electron chi connectivity index (χ0n) is 9.52. The van der Waals surface area contributed by atoms with Crippen LogP contribution >= 0.6 is 0 Å². The number of halogens is 3. The van der Waals surface area contributed by atoms with Crippen LogP contribution in [0.2, 0.25) is 0 Å². The Hall–Kier alpha value is -1.56. The number of hydrogen-bond donors (Lipinski definition) is 1. The lowest BCUT2D eigenvalue weighted by molar-refractivity contribution is -0.188. The van der Waals surface area contributed by atoms with Gasteiger partial charge >= 0.3 is 6.18 Å². The zero-order valence-corrected chi connectivity index (χ0v) is 9.52. The van der Waals surface area contributed by atoms with Crippen molar-refractivity contribution in [2.24, 2.45) is 5.73 Å². The number of nitrogens with zero attached hydrogens (tertiary/aromatic N) is 1. The fourth-order valence-electron chi connectivity index (χ4n) is 2.19. The Morgan fingerprint density at radius 1 is 1.28 bits per heavy atom. The van der Waals surface area contributed by atoms with E-state index in [1.54, 1.807) is 6.07 Å². The van der Waals surface area contributed by atoms with Gasteiger partial charge in [-0.25, -0.2) is 0 Å². The lowest BCUT2D eigenvalue weighted by Gasteiger charge is -2.30. The van der Waals surface area contributed by atoms with E-state index in [-0.39, 0.29) is 18.5 Å². The van der Waals surface area contributed by atoms with Crippen molar-refractivity contribution in [3.8, 4) is 0 Å². The van der Waals surface area contributed by atoms with E-state index < -0.39 is 24.2 Å². The molecule has 0 spiro atoms. The van der Waals surface area contributed by atoms with Gasteiger partial charge in [-0.05, 0) is 5.56 Å². The Kier molecular flexibility index (Phi) is 3.30.